The molecule has 3 aliphatic heterocycles. The lowest BCUT2D eigenvalue weighted by Gasteiger charge is -2.44. The lowest BCUT2D eigenvalue weighted by Crippen LogP contribution is -2.54. The van der Waals surface area contributed by atoms with Crippen molar-refractivity contribution in [3.8, 4) is 0 Å². The molecule has 6 nitrogen and oxygen atoms in total. The van der Waals surface area contributed by atoms with Gasteiger partial charge in [-0.05, 0) is 68.5 Å². The molecule has 6 heteroatoms. The van der Waals surface area contributed by atoms with E-state index < -0.39 is 0 Å². The number of carbonyl (C=O) groups is 2. The maximum absolute atomic E-state index is 13.3. The fraction of sp³-hybridized carbons (Fsp3) is 0.462. The van der Waals surface area contributed by atoms with Crippen LogP contribution in [0.3, 0.4) is 0 Å². The van der Waals surface area contributed by atoms with E-state index in [4.69, 9.17) is 0 Å². The smallest absolute Gasteiger partial charge is 0.254 e. The normalized spacial score (nSPS) is 20.8. The molecule has 32 heavy (non-hydrogen) atoms. The van der Waals surface area contributed by atoms with Crippen LogP contribution in [0, 0.1) is 13.8 Å². The quantitative estimate of drug-likeness (QED) is 0.728. The lowest BCUT2D eigenvalue weighted by molar-refractivity contribution is -0.120. The fourth-order valence-corrected chi connectivity index (χ4v) is 5.38. The van der Waals surface area contributed by atoms with E-state index in [2.05, 4.69) is 41.8 Å². The molecule has 3 aliphatic rings. The molecule has 0 unspecified atom stereocenters. The highest BCUT2D eigenvalue weighted by molar-refractivity contribution is 6.07. The van der Waals surface area contributed by atoms with Crippen LogP contribution in [0.5, 0.6) is 0 Å². The minimum absolute atomic E-state index is 0.0510. The van der Waals surface area contributed by atoms with Gasteiger partial charge in [-0.3, -0.25) is 9.59 Å². The second kappa shape index (κ2) is 8.15. The Hall–Kier alpha value is -3.02. The van der Waals surface area contributed by atoms with Gasteiger partial charge in [-0.15, -0.1) is 0 Å². The summed E-state index contributed by atoms with van der Waals surface area (Å²) in [5.41, 5.74) is 6.39. The highest BCUT2D eigenvalue weighted by Crippen LogP contribution is 2.39. The zero-order valence-corrected chi connectivity index (χ0v) is 19.3. The highest BCUT2D eigenvalue weighted by Gasteiger charge is 2.38. The predicted molar refractivity (Wildman–Crippen MR) is 129 cm³/mol. The van der Waals surface area contributed by atoms with Gasteiger partial charge in [0.1, 0.15) is 6.04 Å². The number of benzene rings is 2. The number of nitrogens with zero attached hydrogens (tertiary/aromatic N) is 4. The summed E-state index contributed by atoms with van der Waals surface area (Å²) in [5.74, 6) is 0.193. The van der Waals surface area contributed by atoms with Gasteiger partial charge in [0.15, 0.2) is 0 Å². The number of carbonyl (C=O) groups excluding carboxylic acids is 2. The van der Waals surface area contributed by atoms with E-state index in [9.17, 15) is 9.59 Å². The third-order valence-corrected chi connectivity index (χ3v) is 7.28. The molecule has 5 rings (SSSR count). The van der Waals surface area contributed by atoms with Gasteiger partial charge in [-0.2, -0.15) is 0 Å². The van der Waals surface area contributed by atoms with Crippen LogP contribution in [0.2, 0.25) is 0 Å². The summed E-state index contributed by atoms with van der Waals surface area (Å²) in [6.07, 6.45) is 3.12. The number of hydrogen-bond acceptors (Lipinski definition) is 4. The number of piperidine rings is 1. The molecule has 0 saturated carbocycles. The van der Waals surface area contributed by atoms with E-state index in [1.807, 2.05) is 30.1 Å². The van der Waals surface area contributed by atoms with Gasteiger partial charge in [-0.25, -0.2) is 0 Å². The van der Waals surface area contributed by atoms with Crippen LogP contribution in [0.4, 0.5) is 17.1 Å². The topological polar surface area (TPSA) is 47.1 Å². The third kappa shape index (κ3) is 3.51. The van der Waals surface area contributed by atoms with Gasteiger partial charge in [0.2, 0.25) is 5.91 Å². The zero-order chi connectivity index (χ0) is 22.4. The Morgan fingerprint density at radius 2 is 1.66 bits per heavy atom. The number of fused-ring (bicyclic) bond motifs is 3. The Labute approximate surface area is 190 Å². The first-order chi connectivity index (χ1) is 15.4. The zero-order valence-electron chi connectivity index (χ0n) is 19.3. The first-order valence-electron chi connectivity index (χ1n) is 11.7. The molecule has 2 saturated heterocycles. The fourth-order valence-electron chi connectivity index (χ4n) is 5.38. The van der Waals surface area contributed by atoms with Gasteiger partial charge in [0, 0.05) is 51.0 Å². The van der Waals surface area contributed by atoms with Crippen molar-refractivity contribution in [3.05, 3.63) is 53.1 Å². The molecule has 0 aromatic heterocycles. The summed E-state index contributed by atoms with van der Waals surface area (Å²) in [6, 6.07) is 12.4. The van der Waals surface area contributed by atoms with E-state index >= 15 is 0 Å². The summed E-state index contributed by atoms with van der Waals surface area (Å²) < 4.78 is 0. The molecule has 2 aromatic carbocycles. The Morgan fingerprint density at radius 3 is 2.44 bits per heavy atom. The van der Waals surface area contributed by atoms with Crippen molar-refractivity contribution in [2.45, 2.75) is 39.2 Å². The number of hydrogen-bond donors (Lipinski definition) is 0. The summed E-state index contributed by atoms with van der Waals surface area (Å²) in [6.45, 7) is 8.23. The molecule has 0 bridgehead atoms. The van der Waals surface area contributed by atoms with Crippen LogP contribution in [-0.2, 0) is 4.79 Å². The standard InChI is InChI=1S/C26H32N4O2/c1-18-7-8-19(2)23(16-18)28-12-14-29(15-13-28)25(31)20-9-10-21-24(17-20)27(3)26(32)22-6-4-5-11-30(21)22/h7-10,16-17,22H,4-6,11-15H2,1-3H3/t22-/m0/s1. The Morgan fingerprint density at radius 1 is 0.875 bits per heavy atom. The average Bonchev–Trinajstić information content (AvgIpc) is 2.83. The lowest BCUT2D eigenvalue weighted by atomic mass is 9.95. The van der Waals surface area contributed by atoms with Gasteiger partial charge >= 0.3 is 0 Å². The summed E-state index contributed by atoms with van der Waals surface area (Å²) >= 11 is 0. The predicted octanol–water partition coefficient (Wildman–Crippen LogP) is 3.60. The van der Waals surface area contributed by atoms with E-state index in [1.54, 1.807) is 4.90 Å². The average molecular weight is 433 g/mol. The Kier molecular flexibility index (Phi) is 5.31. The second-order valence-corrected chi connectivity index (χ2v) is 9.37. The van der Waals surface area contributed by atoms with Crippen LogP contribution < -0.4 is 14.7 Å². The first kappa shape index (κ1) is 20.9. The molecule has 2 aromatic rings. The van der Waals surface area contributed by atoms with Crippen molar-refractivity contribution < 1.29 is 9.59 Å². The van der Waals surface area contributed by atoms with Crippen LogP contribution in [0.15, 0.2) is 36.4 Å². The van der Waals surface area contributed by atoms with Gasteiger partial charge in [-0.1, -0.05) is 12.1 Å². The molecule has 0 N–H and O–H groups in total. The van der Waals surface area contributed by atoms with Crippen LogP contribution >= 0.6 is 0 Å². The van der Waals surface area contributed by atoms with Crippen molar-refractivity contribution in [3.63, 3.8) is 0 Å². The van der Waals surface area contributed by atoms with Crippen molar-refractivity contribution >= 4 is 28.9 Å². The number of rotatable bonds is 2. The van der Waals surface area contributed by atoms with Gasteiger partial charge < -0.3 is 19.6 Å². The molecule has 2 amide bonds. The van der Waals surface area contributed by atoms with E-state index in [0.717, 1.165) is 50.3 Å². The summed E-state index contributed by atoms with van der Waals surface area (Å²) in [4.78, 5) is 34.5. The molecule has 0 aliphatic carbocycles. The molecular formula is C26H32N4O2. The van der Waals surface area contributed by atoms with Crippen LogP contribution in [-0.4, -0.2) is 62.5 Å². The van der Waals surface area contributed by atoms with Crippen LogP contribution in [0.1, 0.15) is 40.7 Å². The molecular weight excluding hydrogens is 400 g/mol. The second-order valence-electron chi connectivity index (χ2n) is 9.37. The number of piperazine rings is 1. The SMILES string of the molecule is Cc1ccc(C)c(N2CCN(C(=O)c3ccc4c(c3)N(C)C(=O)[C@@H]3CCCCN43)CC2)c1. The Bertz CT molecular complexity index is 1060. The van der Waals surface area contributed by atoms with Crippen molar-refractivity contribution in [2.24, 2.45) is 0 Å². The Balaban J connectivity index is 1.33. The molecule has 0 spiro atoms. The van der Waals surface area contributed by atoms with Gasteiger partial charge in [0.05, 0.1) is 11.4 Å². The summed E-state index contributed by atoms with van der Waals surface area (Å²) in [5, 5.41) is 0. The largest absolute Gasteiger partial charge is 0.368 e. The molecule has 3 heterocycles. The first-order valence-corrected chi connectivity index (χ1v) is 11.7. The van der Waals surface area contributed by atoms with Gasteiger partial charge in [0.25, 0.3) is 5.91 Å². The van der Waals surface area contributed by atoms with Crippen molar-refractivity contribution in [1.29, 1.82) is 0 Å². The minimum atomic E-state index is -0.0547. The maximum Gasteiger partial charge on any atom is 0.254 e. The third-order valence-electron chi connectivity index (χ3n) is 7.28. The van der Waals surface area contributed by atoms with E-state index in [1.165, 1.54) is 16.8 Å². The van der Waals surface area contributed by atoms with Crippen LogP contribution in [0.25, 0.3) is 0 Å². The molecule has 168 valence electrons. The van der Waals surface area contributed by atoms with E-state index in [0.29, 0.717) is 18.7 Å². The number of likely N-dealkylation sites (N-methyl/N-ethyl adjacent to an activating group) is 1. The van der Waals surface area contributed by atoms with Crippen molar-refractivity contribution in [2.75, 3.05) is 54.5 Å². The number of amides is 2. The number of anilines is 3. The maximum atomic E-state index is 13.3. The molecule has 2 fully saturated rings. The highest BCUT2D eigenvalue weighted by atomic mass is 16.2. The summed E-state index contributed by atoms with van der Waals surface area (Å²) in [7, 11) is 1.84. The molecule has 0 radical (unpaired) electrons. The molecule has 1 atom stereocenters. The monoisotopic (exact) mass is 432 g/mol. The van der Waals surface area contributed by atoms with Crippen molar-refractivity contribution in [1.82, 2.24) is 4.90 Å². The van der Waals surface area contributed by atoms with E-state index in [-0.39, 0.29) is 17.9 Å². The number of aryl methyl sites for hydroxylation is 2. The minimum Gasteiger partial charge on any atom is -0.368 e.